The van der Waals surface area contributed by atoms with Crippen LogP contribution in [0.5, 0.6) is 5.75 Å². The monoisotopic (exact) mass is 242 g/mol. The zero-order valence-electron chi connectivity index (χ0n) is 11.1. The van der Waals surface area contributed by atoms with Gasteiger partial charge in [-0.25, -0.2) is 0 Å². The van der Waals surface area contributed by atoms with Gasteiger partial charge in [0, 0.05) is 11.1 Å². The Balaban J connectivity index is 3.35. The summed E-state index contributed by atoms with van der Waals surface area (Å²) in [6, 6.07) is 5.77. The second-order valence-electron chi connectivity index (χ2n) is 3.91. The molecule has 0 spiro atoms. The number of ether oxygens (including phenoxy) is 1. The zero-order valence-corrected chi connectivity index (χ0v) is 11.1. The van der Waals surface area contributed by atoms with E-state index in [2.05, 4.69) is 6.58 Å². The van der Waals surface area contributed by atoms with Crippen molar-refractivity contribution in [1.29, 1.82) is 0 Å². The fourth-order valence-electron chi connectivity index (χ4n) is 1.76. The van der Waals surface area contributed by atoms with Gasteiger partial charge in [0.15, 0.2) is 5.78 Å². The fraction of sp³-hybridized carbons (Fsp3) is 0.188. The third kappa shape index (κ3) is 3.20. The van der Waals surface area contributed by atoms with Crippen LogP contribution in [0, 0.1) is 6.92 Å². The Kier molecular flexibility index (Phi) is 5.12. The van der Waals surface area contributed by atoms with E-state index in [-0.39, 0.29) is 5.78 Å². The quantitative estimate of drug-likeness (QED) is 0.581. The predicted molar refractivity (Wildman–Crippen MR) is 75.7 cm³/mol. The number of aryl methyl sites for hydroxylation is 1. The van der Waals surface area contributed by atoms with Gasteiger partial charge in [0.25, 0.3) is 0 Å². The van der Waals surface area contributed by atoms with Gasteiger partial charge in [-0.15, -0.1) is 0 Å². The Morgan fingerprint density at radius 2 is 2.06 bits per heavy atom. The van der Waals surface area contributed by atoms with E-state index < -0.39 is 0 Å². The van der Waals surface area contributed by atoms with E-state index in [1.165, 1.54) is 0 Å². The second kappa shape index (κ2) is 6.60. The average Bonchev–Trinajstić information content (AvgIpc) is 2.34. The van der Waals surface area contributed by atoms with Gasteiger partial charge in [-0.3, -0.25) is 4.79 Å². The zero-order chi connectivity index (χ0) is 13.5. The lowest BCUT2D eigenvalue weighted by atomic mass is 9.98. The van der Waals surface area contributed by atoms with Crippen LogP contribution in [0.4, 0.5) is 0 Å². The minimum atomic E-state index is 0.00705. The Hall–Kier alpha value is -2.09. The molecule has 0 saturated carbocycles. The number of benzene rings is 1. The van der Waals surface area contributed by atoms with Crippen LogP contribution < -0.4 is 4.74 Å². The molecule has 0 N–H and O–H groups in total. The number of hydrogen-bond acceptors (Lipinski definition) is 2. The van der Waals surface area contributed by atoms with Gasteiger partial charge < -0.3 is 4.74 Å². The van der Waals surface area contributed by atoms with E-state index in [0.29, 0.717) is 5.57 Å². The van der Waals surface area contributed by atoms with Crippen molar-refractivity contribution in [3.8, 4) is 5.75 Å². The van der Waals surface area contributed by atoms with Crippen LogP contribution in [-0.4, -0.2) is 12.9 Å². The fourth-order valence-corrected chi connectivity index (χ4v) is 1.76. The number of methoxy groups -OCH3 is 1. The van der Waals surface area contributed by atoms with Crippen molar-refractivity contribution >= 4 is 11.4 Å². The van der Waals surface area contributed by atoms with E-state index >= 15 is 0 Å². The number of allylic oxidation sites excluding steroid dienone is 5. The van der Waals surface area contributed by atoms with E-state index in [4.69, 9.17) is 4.74 Å². The highest BCUT2D eigenvalue weighted by atomic mass is 16.5. The van der Waals surface area contributed by atoms with E-state index in [9.17, 15) is 4.79 Å². The topological polar surface area (TPSA) is 26.3 Å². The minimum Gasteiger partial charge on any atom is -0.496 e. The highest BCUT2D eigenvalue weighted by Gasteiger charge is 2.13. The van der Waals surface area contributed by atoms with Crippen molar-refractivity contribution in [3.63, 3.8) is 0 Å². The number of ketones is 1. The van der Waals surface area contributed by atoms with Crippen LogP contribution in [0.15, 0.2) is 49.1 Å². The third-order valence-corrected chi connectivity index (χ3v) is 2.60. The molecule has 0 fully saturated rings. The maximum Gasteiger partial charge on any atom is 0.160 e. The summed E-state index contributed by atoms with van der Waals surface area (Å²) in [4.78, 5) is 11.7. The summed E-state index contributed by atoms with van der Waals surface area (Å²) >= 11 is 0. The van der Waals surface area contributed by atoms with Crippen LogP contribution in [-0.2, 0) is 4.79 Å². The lowest BCUT2D eigenvalue weighted by molar-refractivity contribution is -0.111. The van der Waals surface area contributed by atoms with Gasteiger partial charge in [0.05, 0.1) is 7.11 Å². The van der Waals surface area contributed by atoms with Crippen LogP contribution in [0.2, 0.25) is 0 Å². The molecule has 1 aromatic rings. The molecule has 2 heteroatoms. The first kappa shape index (κ1) is 14.0. The highest BCUT2D eigenvalue weighted by Crippen LogP contribution is 2.29. The van der Waals surface area contributed by atoms with Crippen LogP contribution in [0.25, 0.3) is 5.57 Å². The number of hydrogen-bond donors (Lipinski definition) is 0. The molecule has 18 heavy (non-hydrogen) atoms. The van der Waals surface area contributed by atoms with Crippen LogP contribution in [0.1, 0.15) is 18.1 Å². The van der Waals surface area contributed by atoms with Gasteiger partial charge in [-0.05, 0) is 19.4 Å². The lowest BCUT2D eigenvalue weighted by Gasteiger charge is -2.12. The molecule has 2 nitrogen and oxygen atoms in total. The predicted octanol–water partition coefficient (Wildman–Crippen LogP) is 3.72. The Morgan fingerprint density at radius 3 is 2.61 bits per heavy atom. The maximum atomic E-state index is 11.7. The van der Waals surface area contributed by atoms with Crippen molar-refractivity contribution in [3.05, 3.63) is 60.2 Å². The van der Waals surface area contributed by atoms with Crippen molar-refractivity contribution < 1.29 is 9.53 Å². The minimum absolute atomic E-state index is 0.00705. The molecule has 0 aliphatic rings. The van der Waals surface area contributed by atoms with Crippen molar-refractivity contribution in [1.82, 2.24) is 0 Å². The molecule has 0 saturated heterocycles. The molecule has 0 radical (unpaired) electrons. The first-order valence-electron chi connectivity index (χ1n) is 5.76. The summed E-state index contributed by atoms with van der Waals surface area (Å²) < 4.78 is 5.38. The van der Waals surface area contributed by atoms with Gasteiger partial charge in [-0.1, -0.05) is 49.1 Å². The molecule has 0 atom stereocenters. The molecule has 0 heterocycles. The standard InChI is InChI=1S/C16H18O2/c1-5-6-7-10-14(13(3)17)15-11-8-9-12(2)16(15)18-4/h5-11H,1H2,2-4H3/b7-6-,14-10+. The summed E-state index contributed by atoms with van der Waals surface area (Å²) in [7, 11) is 1.61. The Bertz CT molecular complexity index is 508. The maximum absolute atomic E-state index is 11.7. The number of carbonyl (C=O) groups excluding carboxylic acids is 1. The number of carbonyl (C=O) groups is 1. The molecule has 0 aliphatic heterocycles. The van der Waals surface area contributed by atoms with Gasteiger partial charge >= 0.3 is 0 Å². The molecule has 0 unspecified atom stereocenters. The first-order valence-corrected chi connectivity index (χ1v) is 5.76. The SMILES string of the molecule is C=C/C=C\C=C(/C(C)=O)c1cccc(C)c1OC. The van der Waals surface area contributed by atoms with E-state index in [1.54, 1.807) is 38.3 Å². The highest BCUT2D eigenvalue weighted by molar-refractivity contribution is 6.20. The number of rotatable bonds is 5. The van der Waals surface area contributed by atoms with Crippen LogP contribution >= 0.6 is 0 Å². The molecular weight excluding hydrogens is 224 g/mol. The third-order valence-electron chi connectivity index (χ3n) is 2.60. The summed E-state index contributed by atoms with van der Waals surface area (Å²) in [5.41, 5.74) is 2.46. The largest absolute Gasteiger partial charge is 0.496 e. The Labute approximate surface area is 108 Å². The smallest absolute Gasteiger partial charge is 0.160 e. The molecule has 0 bridgehead atoms. The molecule has 0 aliphatic carbocycles. The average molecular weight is 242 g/mol. The van der Waals surface area contributed by atoms with Crippen LogP contribution in [0.3, 0.4) is 0 Å². The van der Waals surface area contributed by atoms with Crippen molar-refractivity contribution in [2.24, 2.45) is 0 Å². The Morgan fingerprint density at radius 1 is 1.33 bits per heavy atom. The normalized spacial score (nSPS) is 11.6. The van der Waals surface area contributed by atoms with Gasteiger partial charge in [0.1, 0.15) is 5.75 Å². The van der Waals surface area contributed by atoms with Crippen molar-refractivity contribution in [2.75, 3.05) is 7.11 Å². The first-order chi connectivity index (χ1) is 8.61. The van der Waals surface area contributed by atoms with Gasteiger partial charge in [0.2, 0.25) is 0 Å². The lowest BCUT2D eigenvalue weighted by Crippen LogP contribution is -2.00. The summed E-state index contributed by atoms with van der Waals surface area (Å²) in [5, 5.41) is 0. The molecule has 1 aromatic carbocycles. The van der Waals surface area contributed by atoms with Crippen molar-refractivity contribution in [2.45, 2.75) is 13.8 Å². The summed E-state index contributed by atoms with van der Waals surface area (Å²) in [6.07, 6.45) is 7.03. The molecule has 0 aromatic heterocycles. The summed E-state index contributed by atoms with van der Waals surface area (Å²) in [5.74, 6) is 0.749. The van der Waals surface area contributed by atoms with Gasteiger partial charge in [-0.2, -0.15) is 0 Å². The second-order valence-corrected chi connectivity index (χ2v) is 3.91. The summed E-state index contributed by atoms with van der Waals surface area (Å²) in [6.45, 7) is 7.11. The van der Waals surface area contributed by atoms with E-state index in [0.717, 1.165) is 16.9 Å². The molecule has 94 valence electrons. The number of para-hydroxylation sites is 1. The molecule has 0 amide bonds. The molecular formula is C16H18O2. The van der Waals surface area contributed by atoms with E-state index in [1.807, 2.05) is 25.1 Å². The number of Topliss-reactive ketones (excluding diaryl/α,β-unsaturated/α-hetero) is 1. The molecule has 1 rings (SSSR count).